The van der Waals surface area contributed by atoms with E-state index in [0.717, 1.165) is 27.6 Å². The minimum Gasteiger partial charge on any atom is -0.308 e. The van der Waals surface area contributed by atoms with E-state index in [9.17, 15) is 4.79 Å². The number of aromatic nitrogens is 1. The number of fused-ring (bicyclic) bond motifs is 1. The molecule has 27 heavy (non-hydrogen) atoms. The van der Waals surface area contributed by atoms with E-state index in [1.165, 1.54) is 4.90 Å². The zero-order valence-electron chi connectivity index (χ0n) is 15.7. The molecule has 0 spiro atoms. The molecule has 0 unspecified atom stereocenters. The summed E-state index contributed by atoms with van der Waals surface area (Å²) in [5.41, 5.74) is 1.63. The fraction of sp³-hybridized carbons (Fsp3) is 0.300. The number of carbonyl (C=O) groups is 1. The van der Waals surface area contributed by atoms with E-state index in [4.69, 9.17) is 0 Å². The van der Waals surface area contributed by atoms with Gasteiger partial charge in [0.25, 0.3) is 5.91 Å². The molecule has 7 heteroatoms. The van der Waals surface area contributed by atoms with Crippen molar-refractivity contribution in [2.75, 3.05) is 37.8 Å². The first kappa shape index (κ1) is 21.7. The first-order valence-corrected chi connectivity index (χ1v) is 10.4. The van der Waals surface area contributed by atoms with Gasteiger partial charge in [0.15, 0.2) is 5.13 Å². The van der Waals surface area contributed by atoms with Crippen molar-refractivity contribution >= 4 is 56.8 Å². The summed E-state index contributed by atoms with van der Waals surface area (Å²) in [5.74, 6) is 1.02. The Bertz CT molecular complexity index is 847. The molecule has 0 fully saturated rings. The van der Waals surface area contributed by atoms with Gasteiger partial charge in [0.05, 0.1) is 10.2 Å². The van der Waals surface area contributed by atoms with Crippen molar-refractivity contribution in [3.05, 3.63) is 54.1 Å². The Morgan fingerprint density at radius 1 is 1.07 bits per heavy atom. The number of amides is 1. The standard InChI is InChI=1S/C20H23N3OS2.ClH/c1-4-25-16-11-9-15(10-12-16)19(24)23(14-13-22(2)3)20-21-17-7-5-6-8-18(17)26-20;/h5-12H,4,13-14H2,1-3H3;1H. The molecule has 4 nitrogen and oxygen atoms in total. The average molecular weight is 422 g/mol. The van der Waals surface area contributed by atoms with Crippen molar-refractivity contribution in [1.82, 2.24) is 9.88 Å². The Kier molecular flexibility index (Phi) is 8.10. The van der Waals surface area contributed by atoms with Crippen LogP contribution in [-0.2, 0) is 0 Å². The monoisotopic (exact) mass is 421 g/mol. The van der Waals surface area contributed by atoms with E-state index in [1.807, 2.05) is 62.6 Å². The summed E-state index contributed by atoms with van der Waals surface area (Å²) in [6, 6.07) is 15.9. The predicted octanol–water partition coefficient (Wildman–Crippen LogP) is 5.04. The van der Waals surface area contributed by atoms with Gasteiger partial charge in [-0.2, -0.15) is 0 Å². The number of thioether (sulfide) groups is 1. The van der Waals surface area contributed by atoms with Crippen LogP contribution in [-0.4, -0.2) is 48.7 Å². The highest BCUT2D eigenvalue weighted by molar-refractivity contribution is 7.99. The number of rotatable bonds is 7. The Balaban J connectivity index is 0.00000261. The normalized spacial score (nSPS) is 10.8. The number of halogens is 1. The van der Waals surface area contributed by atoms with E-state index in [2.05, 4.69) is 16.8 Å². The maximum absolute atomic E-state index is 13.2. The number of anilines is 1. The van der Waals surface area contributed by atoms with Crippen molar-refractivity contribution in [1.29, 1.82) is 0 Å². The van der Waals surface area contributed by atoms with Crippen LogP contribution in [0.2, 0.25) is 0 Å². The first-order chi connectivity index (χ1) is 12.6. The molecule has 0 saturated carbocycles. The largest absolute Gasteiger partial charge is 0.308 e. The topological polar surface area (TPSA) is 36.4 Å². The number of para-hydroxylation sites is 1. The molecule has 3 rings (SSSR count). The summed E-state index contributed by atoms with van der Waals surface area (Å²) < 4.78 is 1.10. The predicted molar refractivity (Wildman–Crippen MR) is 120 cm³/mol. The highest BCUT2D eigenvalue weighted by Crippen LogP contribution is 2.29. The van der Waals surface area contributed by atoms with Gasteiger partial charge in [-0.25, -0.2) is 4.98 Å². The lowest BCUT2D eigenvalue weighted by atomic mass is 10.2. The number of thiazole rings is 1. The SMILES string of the molecule is CCSc1ccc(C(=O)N(CCN(C)C)c2nc3ccccc3s2)cc1.Cl. The molecule has 0 aliphatic rings. The highest BCUT2D eigenvalue weighted by Gasteiger charge is 2.21. The zero-order chi connectivity index (χ0) is 18.5. The number of likely N-dealkylation sites (N-methyl/N-ethyl adjacent to an activating group) is 1. The average Bonchev–Trinajstić information content (AvgIpc) is 3.06. The molecule has 0 saturated heterocycles. The molecule has 0 N–H and O–H groups in total. The summed E-state index contributed by atoms with van der Waals surface area (Å²) in [7, 11) is 4.02. The number of nitrogens with zero attached hydrogens (tertiary/aromatic N) is 3. The van der Waals surface area contributed by atoms with Crippen LogP contribution in [0.3, 0.4) is 0 Å². The van der Waals surface area contributed by atoms with E-state index < -0.39 is 0 Å². The van der Waals surface area contributed by atoms with Gasteiger partial charge >= 0.3 is 0 Å². The van der Waals surface area contributed by atoms with Crippen LogP contribution in [0.4, 0.5) is 5.13 Å². The van der Waals surface area contributed by atoms with Gasteiger partial charge in [-0.1, -0.05) is 30.4 Å². The van der Waals surface area contributed by atoms with E-state index in [0.29, 0.717) is 12.1 Å². The maximum atomic E-state index is 13.2. The smallest absolute Gasteiger partial charge is 0.260 e. The van der Waals surface area contributed by atoms with Gasteiger partial charge in [0.2, 0.25) is 0 Å². The van der Waals surface area contributed by atoms with Gasteiger partial charge in [-0.05, 0) is 56.2 Å². The third-order valence-corrected chi connectivity index (χ3v) is 5.90. The molecule has 0 aliphatic carbocycles. The van der Waals surface area contributed by atoms with Crippen LogP contribution in [0, 0.1) is 0 Å². The molecule has 0 aliphatic heterocycles. The summed E-state index contributed by atoms with van der Waals surface area (Å²) in [4.78, 5) is 22.9. The molecule has 1 aromatic heterocycles. The fourth-order valence-electron chi connectivity index (χ4n) is 2.58. The van der Waals surface area contributed by atoms with Gasteiger partial charge in [-0.15, -0.1) is 24.2 Å². The molecular weight excluding hydrogens is 398 g/mol. The summed E-state index contributed by atoms with van der Waals surface area (Å²) >= 11 is 3.34. The third kappa shape index (κ3) is 5.45. The zero-order valence-corrected chi connectivity index (χ0v) is 18.2. The van der Waals surface area contributed by atoms with Crippen LogP contribution < -0.4 is 4.90 Å². The lowest BCUT2D eigenvalue weighted by Crippen LogP contribution is -2.36. The second-order valence-electron chi connectivity index (χ2n) is 6.18. The minimum atomic E-state index is -0.000968. The summed E-state index contributed by atoms with van der Waals surface area (Å²) in [5, 5.41) is 0.755. The molecule has 144 valence electrons. The number of carbonyl (C=O) groups excluding carboxylic acids is 1. The molecule has 0 atom stereocenters. The second kappa shape index (κ2) is 10.1. The van der Waals surface area contributed by atoms with Crippen LogP contribution in [0.25, 0.3) is 10.2 Å². The van der Waals surface area contributed by atoms with E-state index in [-0.39, 0.29) is 18.3 Å². The highest BCUT2D eigenvalue weighted by atomic mass is 35.5. The molecule has 1 amide bonds. The Morgan fingerprint density at radius 3 is 2.41 bits per heavy atom. The number of hydrogen-bond donors (Lipinski definition) is 0. The quantitative estimate of drug-likeness (QED) is 0.501. The third-order valence-electron chi connectivity index (χ3n) is 3.94. The Labute approximate surface area is 175 Å². The summed E-state index contributed by atoms with van der Waals surface area (Å²) in [6.07, 6.45) is 0. The van der Waals surface area contributed by atoms with Gasteiger partial charge in [0, 0.05) is 23.5 Å². The van der Waals surface area contributed by atoms with Crippen molar-refractivity contribution < 1.29 is 4.79 Å². The van der Waals surface area contributed by atoms with E-state index >= 15 is 0 Å². The Hall–Kier alpha value is -1.60. The van der Waals surface area contributed by atoms with Crippen molar-refractivity contribution in [3.8, 4) is 0 Å². The van der Waals surface area contributed by atoms with Gasteiger partial charge in [-0.3, -0.25) is 9.69 Å². The molecule has 3 aromatic rings. The molecule has 0 bridgehead atoms. The van der Waals surface area contributed by atoms with Crippen LogP contribution in [0.1, 0.15) is 17.3 Å². The van der Waals surface area contributed by atoms with Gasteiger partial charge < -0.3 is 4.90 Å². The Morgan fingerprint density at radius 2 is 1.78 bits per heavy atom. The summed E-state index contributed by atoms with van der Waals surface area (Å²) in [6.45, 7) is 3.52. The molecule has 2 aromatic carbocycles. The van der Waals surface area contributed by atoms with E-state index in [1.54, 1.807) is 28.0 Å². The lowest BCUT2D eigenvalue weighted by molar-refractivity contribution is 0.0985. The number of benzene rings is 2. The minimum absolute atomic E-state index is 0. The lowest BCUT2D eigenvalue weighted by Gasteiger charge is -2.22. The molecule has 0 radical (unpaired) electrons. The first-order valence-electron chi connectivity index (χ1n) is 8.63. The van der Waals surface area contributed by atoms with Crippen LogP contribution >= 0.6 is 35.5 Å². The molecule has 1 heterocycles. The second-order valence-corrected chi connectivity index (χ2v) is 8.53. The number of hydrogen-bond acceptors (Lipinski definition) is 5. The van der Waals surface area contributed by atoms with Crippen molar-refractivity contribution in [2.24, 2.45) is 0 Å². The van der Waals surface area contributed by atoms with Crippen LogP contribution in [0.15, 0.2) is 53.4 Å². The molecular formula is C20H24ClN3OS2. The maximum Gasteiger partial charge on any atom is 0.260 e. The fourth-order valence-corrected chi connectivity index (χ4v) is 4.23. The van der Waals surface area contributed by atoms with Crippen molar-refractivity contribution in [3.63, 3.8) is 0 Å². The van der Waals surface area contributed by atoms with Crippen LogP contribution in [0.5, 0.6) is 0 Å². The van der Waals surface area contributed by atoms with Crippen molar-refractivity contribution in [2.45, 2.75) is 11.8 Å². The van der Waals surface area contributed by atoms with Gasteiger partial charge in [0.1, 0.15) is 0 Å².